The van der Waals surface area contributed by atoms with Gasteiger partial charge in [-0.1, -0.05) is 0 Å². The highest BCUT2D eigenvalue weighted by Crippen LogP contribution is 2.17. The van der Waals surface area contributed by atoms with Crippen molar-refractivity contribution in [3.05, 3.63) is 0 Å². The molecule has 1 atom stereocenters. The van der Waals surface area contributed by atoms with Crippen LogP contribution in [0.25, 0.3) is 0 Å². The van der Waals surface area contributed by atoms with Gasteiger partial charge in [0.2, 0.25) is 11.8 Å². The van der Waals surface area contributed by atoms with Gasteiger partial charge in [0.25, 0.3) is 0 Å². The minimum atomic E-state index is -0.627. The Morgan fingerprint density at radius 1 is 1.27 bits per heavy atom. The summed E-state index contributed by atoms with van der Waals surface area (Å²) >= 11 is 0. The van der Waals surface area contributed by atoms with Gasteiger partial charge >= 0.3 is 6.09 Å². The van der Waals surface area contributed by atoms with Crippen LogP contribution in [0.5, 0.6) is 0 Å². The highest BCUT2D eigenvalue weighted by atomic mass is 16.6. The molecule has 22 heavy (non-hydrogen) atoms. The van der Waals surface area contributed by atoms with Crippen LogP contribution >= 0.6 is 0 Å². The van der Waals surface area contributed by atoms with Crippen LogP contribution in [0.15, 0.2) is 0 Å². The summed E-state index contributed by atoms with van der Waals surface area (Å²) < 4.78 is 5.15. The molecule has 1 fully saturated rings. The predicted octanol–water partition coefficient (Wildman–Crippen LogP) is 0.884. The second-order valence-corrected chi connectivity index (χ2v) is 7.40. The number of alkyl carbamates (subject to hydrolysis) is 1. The first-order chi connectivity index (χ1) is 9.89. The number of hydrogen-bond donors (Lipinski definition) is 2. The van der Waals surface area contributed by atoms with Crippen LogP contribution in [0.3, 0.4) is 0 Å². The summed E-state index contributed by atoms with van der Waals surface area (Å²) in [5.41, 5.74) is -1.19. The molecule has 0 bridgehead atoms. The Bertz CT molecular complexity index is 454. The molecule has 0 aromatic carbocycles. The molecule has 2 N–H and O–H groups in total. The third kappa shape index (κ3) is 5.91. The zero-order valence-corrected chi connectivity index (χ0v) is 14.3. The SMILES string of the molecule is CN1C[C@H](C(=O)NC(C)(C)CNC(=O)OC(C)(C)C)CC1=O. The first-order valence-electron chi connectivity index (χ1n) is 7.42. The molecule has 1 aliphatic heterocycles. The van der Waals surface area contributed by atoms with Crippen molar-refractivity contribution >= 4 is 17.9 Å². The van der Waals surface area contributed by atoms with Gasteiger partial charge in [0.1, 0.15) is 5.60 Å². The number of carbonyl (C=O) groups is 3. The Balaban J connectivity index is 2.45. The molecule has 0 unspecified atom stereocenters. The highest BCUT2D eigenvalue weighted by molar-refractivity contribution is 5.89. The standard InChI is InChI=1S/C15H27N3O4/c1-14(2,3)22-13(21)16-9-15(4,5)17-12(20)10-7-11(19)18(6)8-10/h10H,7-9H2,1-6H3,(H,16,21)(H,17,20)/t10-/m1/s1. The third-order valence-electron chi connectivity index (χ3n) is 3.25. The van der Waals surface area contributed by atoms with Crippen molar-refractivity contribution < 1.29 is 19.1 Å². The smallest absolute Gasteiger partial charge is 0.407 e. The van der Waals surface area contributed by atoms with E-state index in [1.54, 1.807) is 32.7 Å². The summed E-state index contributed by atoms with van der Waals surface area (Å²) in [6.45, 7) is 9.64. The number of likely N-dealkylation sites (tertiary alicyclic amines) is 1. The first-order valence-corrected chi connectivity index (χ1v) is 7.42. The van der Waals surface area contributed by atoms with Crippen LogP contribution < -0.4 is 10.6 Å². The van der Waals surface area contributed by atoms with Crippen molar-refractivity contribution in [2.24, 2.45) is 5.92 Å². The van der Waals surface area contributed by atoms with Crippen LogP contribution in [0.2, 0.25) is 0 Å². The Labute approximate surface area is 131 Å². The van der Waals surface area contributed by atoms with E-state index in [1.807, 2.05) is 13.8 Å². The molecule has 126 valence electrons. The lowest BCUT2D eigenvalue weighted by molar-refractivity contribution is -0.129. The van der Waals surface area contributed by atoms with Gasteiger partial charge in [-0.05, 0) is 34.6 Å². The molecule has 0 saturated carbocycles. The third-order valence-corrected chi connectivity index (χ3v) is 3.25. The molecule has 1 heterocycles. The van der Waals surface area contributed by atoms with E-state index in [4.69, 9.17) is 4.74 Å². The zero-order chi connectivity index (χ0) is 17.1. The predicted molar refractivity (Wildman–Crippen MR) is 82.2 cm³/mol. The van der Waals surface area contributed by atoms with E-state index in [-0.39, 0.29) is 30.7 Å². The van der Waals surface area contributed by atoms with Gasteiger partial charge in [-0.2, -0.15) is 0 Å². The fourth-order valence-electron chi connectivity index (χ4n) is 2.13. The van der Waals surface area contributed by atoms with Gasteiger partial charge in [-0.3, -0.25) is 9.59 Å². The summed E-state index contributed by atoms with van der Waals surface area (Å²) in [6.07, 6.45) is -0.289. The number of ether oxygens (including phenoxy) is 1. The molecular formula is C15H27N3O4. The largest absolute Gasteiger partial charge is 0.444 e. The van der Waals surface area contributed by atoms with Gasteiger partial charge < -0.3 is 20.3 Å². The molecule has 7 nitrogen and oxygen atoms in total. The summed E-state index contributed by atoms with van der Waals surface area (Å²) in [5, 5.41) is 5.51. The van der Waals surface area contributed by atoms with Crippen molar-refractivity contribution in [3.63, 3.8) is 0 Å². The Hall–Kier alpha value is -1.79. The molecular weight excluding hydrogens is 286 g/mol. The normalized spacial score (nSPS) is 19.1. The minimum Gasteiger partial charge on any atom is -0.444 e. The Kier molecular flexibility index (Phi) is 5.43. The van der Waals surface area contributed by atoms with Crippen LogP contribution in [0.1, 0.15) is 41.0 Å². The Morgan fingerprint density at radius 2 is 1.86 bits per heavy atom. The Morgan fingerprint density at radius 3 is 2.32 bits per heavy atom. The lowest BCUT2D eigenvalue weighted by Gasteiger charge is -2.29. The number of carbonyl (C=O) groups excluding carboxylic acids is 3. The number of amides is 3. The lowest BCUT2D eigenvalue weighted by atomic mass is 10.0. The van der Waals surface area contributed by atoms with E-state index >= 15 is 0 Å². The molecule has 0 aromatic rings. The van der Waals surface area contributed by atoms with Gasteiger partial charge in [0, 0.05) is 26.6 Å². The van der Waals surface area contributed by atoms with Crippen molar-refractivity contribution in [2.75, 3.05) is 20.1 Å². The summed E-state index contributed by atoms with van der Waals surface area (Å²) in [5.74, 6) is -0.531. The number of nitrogens with zero attached hydrogens (tertiary/aromatic N) is 1. The quantitative estimate of drug-likeness (QED) is 0.806. The van der Waals surface area contributed by atoms with E-state index < -0.39 is 17.2 Å². The van der Waals surface area contributed by atoms with E-state index in [1.165, 1.54) is 0 Å². The molecule has 1 aliphatic rings. The average Bonchev–Trinajstić information content (AvgIpc) is 2.65. The molecule has 3 amide bonds. The summed E-state index contributed by atoms with van der Waals surface area (Å²) in [6, 6.07) is 0. The summed E-state index contributed by atoms with van der Waals surface area (Å²) in [4.78, 5) is 36.9. The molecule has 0 radical (unpaired) electrons. The van der Waals surface area contributed by atoms with E-state index in [2.05, 4.69) is 10.6 Å². The second-order valence-electron chi connectivity index (χ2n) is 7.40. The molecule has 0 aliphatic carbocycles. The topological polar surface area (TPSA) is 87.7 Å². The molecule has 0 spiro atoms. The van der Waals surface area contributed by atoms with Crippen LogP contribution in [0.4, 0.5) is 4.79 Å². The average molecular weight is 313 g/mol. The van der Waals surface area contributed by atoms with E-state index in [0.717, 1.165) is 0 Å². The molecule has 7 heteroatoms. The van der Waals surface area contributed by atoms with Gasteiger partial charge in [-0.25, -0.2) is 4.79 Å². The zero-order valence-electron chi connectivity index (χ0n) is 14.3. The maximum Gasteiger partial charge on any atom is 0.407 e. The lowest BCUT2D eigenvalue weighted by Crippen LogP contribution is -2.53. The number of hydrogen-bond acceptors (Lipinski definition) is 4. The van der Waals surface area contributed by atoms with Crippen LogP contribution in [-0.2, 0) is 14.3 Å². The summed E-state index contributed by atoms with van der Waals surface area (Å²) in [7, 11) is 1.69. The van der Waals surface area contributed by atoms with E-state index in [9.17, 15) is 14.4 Å². The van der Waals surface area contributed by atoms with E-state index in [0.29, 0.717) is 6.54 Å². The highest BCUT2D eigenvalue weighted by Gasteiger charge is 2.34. The van der Waals surface area contributed by atoms with Crippen molar-refractivity contribution in [3.8, 4) is 0 Å². The van der Waals surface area contributed by atoms with Gasteiger partial charge in [0.05, 0.1) is 11.5 Å². The van der Waals surface area contributed by atoms with Gasteiger partial charge in [0.15, 0.2) is 0 Å². The maximum atomic E-state index is 12.2. The van der Waals surface area contributed by atoms with Crippen LogP contribution in [0, 0.1) is 5.92 Å². The molecule has 0 aromatic heterocycles. The fourth-order valence-corrected chi connectivity index (χ4v) is 2.13. The van der Waals surface area contributed by atoms with Crippen molar-refractivity contribution in [2.45, 2.75) is 52.2 Å². The number of rotatable bonds is 4. The van der Waals surface area contributed by atoms with Gasteiger partial charge in [-0.15, -0.1) is 0 Å². The fraction of sp³-hybridized carbons (Fsp3) is 0.800. The monoisotopic (exact) mass is 313 g/mol. The second kappa shape index (κ2) is 6.54. The molecule has 1 rings (SSSR count). The van der Waals surface area contributed by atoms with Crippen molar-refractivity contribution in [1.82, 2.24) is 15.5 Å². The number of nitrogens with one attached hydrogen (secondary N) is 2. The molecule has 1 saturated heterocycles. The van der Waals surface area contributed by atoms with Crippen LogP contribution in [-0.4, -0.2) is 54.1 Å². The van der Waals surface area contributed by atoms with Crippen molar-refractivity contribution in [1.29, 1.82) is 0 Å². The maximum absolute atomic E-state index is 12.2. The minimum absolute atomic E-state index is 0.0233. The first kappa shape index (κ1) is 18.3.